The quantitative estimate of drug-likeness (QED) is 0.761. The van der Waals surface area contributed by atoms with Gasteiger partial charge in [-0.3, -0.25) is 0 Å². The predicted molar refractivity (Wildman–Crippen MR) is 89.2 cm³/mol. The van der Waals surface area contributed by atoms with E-state index in [1.54, 1.807) is 0 Å². The Morgan fingerprint density at radius 1 is 1.00 bits per heavy atom. The highest BCUT2D eigenvalue weighted by molar-refractivity contribution is 5.85. The lowest BCUT2D eigenvalue weighted by Gasteiger charge is -2.21. The van der Waals surface area contributed by atoms with Gasteiger partial charge in [-0.1, -0.05) is 63.2 Å². The first-order valence-electron chi connectivity index (χ1n) is 7.90. The molecule has 1 nitrogen and oxygen atoms in total. The van der Waals surface area contributed by atoms with E-state index in [0.717, 1.165) is 18.9 Å². The zero-order chi connectivity index (χ0) is 14.4. The molecular formula is C19H27N. The molecule has 0 spiro atoms. The van der Waals surface area contributed by atoms with E-state index in [9.17, 15) is 0 Å². The van der Waals surface area contributed by atoms with Gasteiger partial charge in [-0.2, -0.15) is 0 Å². The van der Waals surface area contributed by atoms with Gasteiger partial charge < -0.3 is 5.32 Å². The van der Waals surface area contributed by atoms with Gasteiger partial charge in [0.1, 0.15) is 0 Å². The third-order valence-corrected chi connectivity index (χ3v) is 3.79. The zero-order valence-electron chi connectivity index (χ0n) is 13.0. The standard InChI is InChI=1S/C19H27N/c1-4-12-20-18(13-15(2)3)14-17-10-7-9-16-8-5-6-11-19(16)17/h5-11,15,18,20H,4,12-14H2,1-3H3. The smallest absolute Gasteiger partial charge is 0.0110 e. The van der Waals surface area contributed by atoms with Gasteiger partial charge in [-0.25, -0.2) is 0 Å². The summed E-state index contributed by atoms with van der Waals surface area (Å²) in [6, 6.07) is 16.0. The number of rotatable bonds is 7. The molecule has 0 saturated carbocycles. The molecule has 1 heteroatoms. The van der Waals surface area contributed by atoms with E-state index in [2.05, 4.69) is 68.6 Å². The van der Waals surface area contributed by atoms with Crippen molar-refractivity contribution in [2.45, 2.75) is 46.1 Å². The molecule has 2 aromatic carbocycles. The minimum atomic E-state index is 0.584. The van der Waals surface area contributed by atoms with Crippen molar-refractivity contribution >= 4 is 10.8 Å². The molecule has 0 aliphatic heterocycles. The molecule has 2 aromatic rings. The van der Waals surface area contributed by atoms with E-state index in [1.807, 2.05) is 0 Å². The van der Waals surface area contributed by atoms with Gasteiger partial charge in [0.25, 0.3) is 0 Å². The van der Waals surface area contributed by atoms with Crippen LogP contribution in [-0.4, -0.2) is 12.6 Å². The first-order chi connectivity index (χ1) is 9.70. The molecule has 0 fully saturated rings. The Hall–Kier alpha value is -1.34. The first-order valence-corrected chi connectivity index (χ1v) is 7.90. The number of benzene rings is 2. The van der Waals surface area contributed by atoms with Gasteiger partial charge in [0.05, 0.1) is 0 Å². The third kappa shape index (κ3) is 4.08. The SMILES string of the molecule is CCCNC(Cc1cccc2ccccc12)CC(C)C. The summed E-state index contributed by atoms with van der Waals surface area (Å²) in [4.78, 5) is 0. The maximum absolute atomic E-state index is 3.71. The maximum Gasteiger partial charge on any atom is 0.0110 e. The minimum absolute atomic E-state index is 0.584. The topological polar surface area (TPSA) is 12.0 Å². The fraction of sp³-hybridized carbons (Fsp3) is 0.474. The van der Waals surface area contributed by atoms with Crippen LogP contribution >= 0.6 is 0 Å². The van der Waals surface area contributed by atoms with Gasteiger partial charge in [0, 0.05) is 6.04 Å². The number of hydrogen-bond acceptors (Lipinski definition) is 1. The molecule has 0 aliphatic carbocycles. The van der Waals surface area contributed by atoms with Crippen molar-refractivity contribution in [1.29, 1.82) is 0 Å². The van der Waals surface area contributed by atoms with E-state index < -0.39 is 0 Å². The Bertz CT molecular complexity index is 525. The molecule has 0 bridgehead atoms. The highest BCUT2D eigenvalue weighted by atomic mass is 14.9. The summed E-state index contributed by atoms with van der Waals surface area (Å²) < 4.78 is 0. The molecule has 0 heterocycles. The summed E-state index contributed by atoms with van der Waals surface area (Å²) in [6.07, 6.45) is 3.56. The molecular weight excluding hydrogens is 242 g/mol. The summed E-state index contributed by atoms with van der Waals surface area (Å²) in [7, 11) is 0. The Labute approximate surface area is 123 Å². The Morgan fingerprint density at radius 2 is 1.75 bits per heavy atom. The largest absolute Gasteiger partial charge is 0.314 e. The van der Waals surface area contributed by atoms with Crippen LogP contribution in [0.3, 0.4) is 0 Å². The average molecular weight is 269 g/mol. The Balaban J connectivity index is 2.18. The molecule has 0 aliphatic rings. The highest BCUT2D eigenvalue weighted by Crippen LogP contribution is 2.21. The monoisotopic (exact) mass is 269 g/mol. The van der Waals surface area contributed by atoms with E-state index in [4.69, 9.17) is 0 Å². The second kappa shape index (κ2) is 7.44. The molecule has 0 aromatic heterocycles. The van der Waals surface area contributed by atoms with Crippen molar-refractivity contribution in [2.75, 3.05) is 6.54 Å². The summed E-state index contributed by atoms with van der Waals surface area (Å²) in [6.45, 7) is 7.97. The van der Waals surface area contributed by atoms with Gasteiger partial charge in [0.15, 0.2) is 0 Å². The Morgan fingerprint density at radius 3 is 2.50 bits per heavy atom. The van der Waals surface area contributed by atoms with Crippen molar-refractivity contribution < 1.29 is 0 Å². The molecule has 0 saturated heterocycles. The maximum atomic E-state index is 3.71. The molecule has 0 amide bonds. The lowest BCUT2D eigenvalue weighted by Crippen LogP contribution is -2.33. The molecule has 2 rings (SSSR count). The van der Waals surface area contributed by atoms with E-state index in [0.29, 0.717) is 6.04 Å². The van der Waals surface area contributed by atoms with Gasteiger partial charge >= 0.3 is 0 Å². The summed E-state index contributed by atoms with van der Waals surface area (Å²) in [5, 5.41) is 6.47. The molecule has 0 radical (unpaired) electrons. The van der Waals surface area contributed by atoms with E-state index in [-0.39, 0.29) is 0 Å². The van der Waals surface area contributed by atoms with E-state index >= 15 is 0 Å². The molecule has 1 unspecified atom stereocenters. The van der Waals surface area contributed by atoms with Crippen LogP contribution in [0.5, 0.6) is 0 Å². The van der Waals surface area contributed by atoms with Crippen molar-refractivity contribution in [1.82, 2.24) is 5.32 Å². The Kier molecular flexibility index (Phi) is 5.60. The van der Waals surface area contributed by atoms with Crippen LogP contribution in [-0.2, 0) is 6.42 Å². The molecule has 20 heavy (non-hydrogen) atoms. The van der Waals surface area contributed by atoms with Crippen LogP contribution in [0.15, 0.2) is 42.5 Å². The average Bonchev–Trinajstić information content (AvgIpc) is 2.44. The van der Waals surface area contributed by atoms with Crippen LogP contribution in [0.25, 0.3) is 10.8 Å². The zero-order valence-corrected chi connectivity index (χ0v) is 13.0. The van der Waals surface area contributed by atoms with Crippen LogP contribution in [0.4, 0.5) is 0 Å². The van der Waals surface area contributed by atoms with Crippen molar-refractivity contribution in [3.8, 4) is 0 Å². The number of hydrogen-bond donors (Lipinski definition) is 1. The van der Waals surface area contributed by atoms with Crippen LogP contribution in [0.1, 0.15) is 39.2 Å². The highest BCUT2D eigenvalue weighted by Gasteiger charge is 2.12. The fourth-order valence-electron chi connectivity index (χ4n) is 2.89. The minimum Gasteiger partial charge on any atom is -0.314 e. The molecule has 1 atom stereocenters. The second-order valence-corrected chi connectivity index (χ2v) is 6.12. The second-order valence-electron chi connectivity index (χ2n) is 6.12. The van der Waals surface area contributed by atoms with Gasteiger partial charge in [-0.15, -0.1) is 0 Å². The van der Waals surface area contributed by atoms with Crippen LogP contribution < -0.4 is 5.32 Å². The van der Waals surface area contributed by atoms with Crippen LogP contribution in [0.2, 0.25) is 0 Å². The number of nitrogens with one attached hydrogen (secondary N) is 1. The summed E-state index contributed by atoms with van der Waals surface area (Å²) >= 11 is 0. The third-order valence-electron chi connectivity index (χ3n) is 3.79. The first kappa shape index (κ1) is 15.1. The van der Waals surface area contributed by atoms with Crippen molar-refractivity contribution in [2.24, 2.45) is 5.92 Å². The lowest BCUT2D eigenvalue weighted by atomic mass is 9.94. The molecule has 1 N–H and O–H groups in total. The fourth-order valence-corrected chi connectivity index (χ4v) is 2.89. The normalized spacial score (nSPS) is 13.0. The summed E-state index contributed by atoms with van der Waals surface area (Å²) in [5.74, 6) is 0.735. The van der Waals surface area contributed by atoms with E-state index in [1.165, 1.54) is 29.2 Å². The molecule has 108 valence electrons. The van der Waals surface area contributed by atoms with Crippen LogP contribution in [0, 0.1) is 5.92 Å². The predicted octanol–water partition coefficient (Wildman–Crippen LogP) is 4.80. The van der Waals surface area contributed by atoms with Gasteiger partial charge in [-0.05, 0) is 48.1 Å². The van der Waals surface area contributed by atoms with Gasteiger partial charge in [0.2, 0.25) is 0 Å². The summed E-state index contributed by atoms with van der Waals surface area (Å²) in [5.41, 5.74) is 1.47. The lowest BCUT2D eigenvalue weighted by molar-refractivity contribution is 0.417. The van der Waals surface area contributed by atoms with Crippen molar-refractivity contribution in [3.05, 3.63) is 48.0 Å². The van der Waals surface area contributed by atoms with Crippen molar-refractivity contribution in [3.63, 3.8) is 0 Å². The number of fused-ring (bicyclic) bond motifs is 1.